The van der Waals surface area contributed by atoms with Gasteiger partial charge in [-0.1, -0.05) is 18.2 Å². The van der Waals surface area contributed by atoms with Gasteiger partial charge in [0.15, 0.2) is 0 Å². The van der Waals surface area contributed by atoms with Crippen molar-refractivity contribution in [2.24, 2.45) is 0 Å². The molecule has 0 fully saturated rings. The highest BCUT2D eigenvalue weighted by Crippen LogP contribution is 2.40. The van der Waals surface area contributed by atoms with Gasteiger partial charge in [-0.05, 0) is 46.1 Å². The lowest BCUT2D eigenvalue weighted by Crippen LogP contribution is -2.17. The molecule has 0 aliphatic carbocycles. The number of aromatic nitrogens is 3. The summed E-state index contributed by atoms with van der Waals surface area (Å²) in [5, 5.41) is 14.7. The minimum atomic E-state index is -0.461. The third-order valence-corrected chi connectivity index (χ3v) is 4.57. The van der Waals surface area contributed by atoms with Crippen molar-refractivity contribution in [2.75, 3.05) is 16.8 Å². The number of pyridine rings is 1. The molecule has 0 atom stereocenters. The maximum Gasteiger partial charge on any atom is 0.354 e. The molecule has 9 heteroatoms. The normalized spacial score (nSPS) is 12.7. The van der Waals surface area contributed by atoms with E-state index >= 15 is 0 Å². The van der Waals surface area contributed by atoms with Crippen molar-refractivity contribution in [3.8, 4) is 0 Å². The molecule has 1 aliphatic heterocycles. The molecule has 1 N–H and O–H groups in total. The molecule has 0 spiro atoms. The number of halogens is 1. The Labute approximate surface area is 157 Å². The molecule has 4 rings (SSSR count). The standard InChI is InChI=1S/C17H13BrN6O2/c18-12-5-6-14(19-9-12)22-16-15(24(25)26)17(21-10-20-16)23-8-7-11-3-1-2-4-13(11)23/h1-6,9-10H,7-8H2,(H,19,20,21,22). The lowest BCUT2D eigenvalue weighted by atomic mass is 10.2. The van der Waals surface area contributed by atoms with E-state index in [2.05, 4.69) is 36.2 Å². The van der Waals surface area contributed by atoms with E-state index in [-0.39, 0.29) is 17.3 Å². The Balaban J connectivity index is 1.77. The number of anilines is 4. The molecule has 1 aromatic carbocycles. The Morgan fingerprint density at radius 3 is 2.77 bits per heavy atom. The van der Waals surface area contributed by atoms with Crippen LogP contribution in [0.4, 0.5) is 28.8 Å². The van der Waals surface area contributed by atoms with Crippen LogP contribution in [-0.4, -0.2) is 26.4 Å². The smallest absolute Gasteiger partial charge is 0.320 e. The van der Waals surface area contributed by atoms with Crippen LogP contribution in [0.1, 0.15) is 5.56 Å². The zero-order valence-electron chi connectivity index (χ0n) is 13.5. The Kier molecular flexibility index (Phi) is 4.21. The zero-order valence-corrected chi connectivity index (χ0v) is 15.0. The van der Waals surface area contributed by atoms with Crippen molar-refractivity contribution in [3.05, 3.63) is 69.1 Å². The van der Waals surface area contributed by atoms with Crippen molar-refractivity contribution in [3.63, 3.8) is 0 Å². The van der Waals surface area contributed by atoms with Gasteiger partial charge in [0.2, 0.25) is 11.6 Å². The second kappa shape index (κ2) is 6.68. The van der Waals surface area contributed by atoms with Crippen molar-refractivity contribution in [2.45, 2.75) is 6.42 Å². The van der Waals surface area contributed by atoms with E-state index in [1.807, 2.05) is 29.2 Å². The monoisotopic (exact) mass is 412 g/mol. The number of fused-ring (bicyclic) bond motifs is 1. The summed E-state index contributed by atoms with van der Waals surface area (Å²) in [5.41, 5.74) is 1.90. The Morgan fingerprint density at radius 1 is 1.15 bits per heavy atom. The average molecular weight is 413 g/mol. The maximum absolute atomic E-state index is 11.8. The topological polar surface area (TPSA) is 97.1 Å². The highest BCUT2D eigenvalue weighted by atomic mass is 79.9. The lowest BCUT2D eigenvalue weighted by molar-refractivity contribution is -0.383. The van der Waals surface area contributed by atoms with Gasteiger partial charge in [-0.3, -0.25) is 10.1 Å². The molecule has 130 valence electrons. The summed E-state index contributed by atoms with van der Waals surface area (Å²) in [4.78, 5) is 25.6. The van der Waals surface area contributed by atoms with Gasteiger partial charge in [0.05, 0.1) is 4.92 Å². The zero-order chi connectivity index (χ0) is 18.1. The largest absolute Gasteiger partial charge is 0.354 e. The van der Waals surface area contributed by atoms with Gasteiger partial charge in [-0.2, -0.15) is 0 Å². The molecule has 0 amide bonds. The third kappa shape index (κ3) is 2.97. The van der Waals surface area contributed by atoms with E-state index in [1.165, 1.54) is 6.33 Å². The van der Waals surface area contributed by atoms with Crippen LogP contribution in [-0.2, 0) is 6.42 Å². The first-order valence-corrected chi connectivity index (χ1v) is 8.66. The summed E-state index contributed by atoms with van der Waals surface area (Å²) in [5.74, 6) is 0.844. The molecule has 2 aromatic heterocycles. The number of rotatable bonds is 4. The van der Waals surface area contributed by atoms with Crippen LogP contribution in [0.3, 0.4) is 0 Å². The van der Waals surface area contributed by atoms with Crippen LogP contribution in [0, 0.1) is 10.1 Å². The first-order valence-electron chi connectivity index (χ1n) is 7.87. The predicted octanol–water partition coefficient (Wildman–Crippen LogP) is 3.98. The molecule has 0 unspecified atom stereocenters. The molecule has 8 nitrogen and oxygen atoms in total. The van der Waals surface area contributed by atoms with Gasteiger partial charge >= 0.3 is 5.69 Å². The molecule has 0 radical (unpaired) electrons. The fourth-order valence-electron chi connectivity index (χ4n) is 2.96. The summed E-state index contributed by atoms with van der Waals surface area (Å²) >= 11 is 3.31. The number of hydrogen-bond donors (Lipinski definition) is 1. The summed E-state index contributed by atoms with van der Waals surface area (Å²) in [6.07, 6.45) is 3.74. The molecule has 3 heterocycles. The van der Waals surface area contributed by atoms with E-state index in [9.17, 15) is 10.1 Å². The van der Waals surface area contributed by atoms with Crippen LogP contribution >= 0.6 is 15.9 Å². The number of nitro groups is 1. The van der Waals surface area contributed by atoms with Crippen molar-refractivity contribution in [1.29, 1.82) is 0 Å². The van der Waals surface area contributed by atoms with E-state index in [0.29, 0.717) is 12.4 Å². The fraction of sp³-hybridized carbons (Fsp3) is 0.118. The SMILES string of the molecule is O=[N+]([O-])c1c(Nc2ccc(Br)cn2)ncnc1N1CCc2ccccc21. The van der Waals surface area contributed by atoms with Gasteiger partial charge in [0.1, 0.15) is 12.1 Å². The third-order valence-electron chi connectivity index (χ3n) is 4.10. The van der Waals surface area contributed by atoms with E-state index in [1.54, 1.807) is 18.3 Å². The summed E-state index contributed by atoms with van der Waals surface area (Å²) in [7, 11) is 0. The van der Waals surface area contributed by atoms with Crippen LogP contribution in [0.2, 0.25) is 0 Å². The van der Waals surface area contributed by atoms with Crippen LogP contribution in [0.25, 0.3) is 0 Å². The fourth-order valence-corrected chi connectivity index (χ4v) is 3.19. The van der Waals surface area contributed by atoms with Gasteiger partial charge in [0.25, 0.3) is 0 Å². The van der Waals surface area contributed by atoms with E-state index in [0.717, 1.165) is 22.1 Å². The Hall–Kier alpha value is -3.07. The van der Waals surface area contributed by atoms with Gasteiger partial charge < -0.3 is 10.2 Å². The summed E-state index contributed by atoms with van der Waals surface area (Å²) in [6, 6.07) is 11.3. The maximum atomic E-state index is 11.8. The van der Waals surface area contributed by atoms with Crippen LogP contribution in [0.15, 0.2) is 53.4 Å². The van der Waals surface area contributed by atoms with Crippen LogP contribution < -0.4 is 10.2 Å². The average Bonchev–Trinajstić information content (AvgIpc) is 3.07. The first-order chi connectivity index (χ1) is 12.6. The second-order valence-electron chi connectivity index (χ2n) is 5.67. The van der Waals surface area contributed by atoms with E-state index in [4.69, 9.17) is 0 Å². The molecule has 0 saturated heterocycles. The molecule has 26 heavy (non-hydrogen) atoms. The second-order valence-corrected chi connectivity index (χ2v) is 6.58. The summed E-state index contributed by atoms with van der Waals surface area (Å²) < 4.78 is 0.814. The Bertz CT molecular complexity index is 979. The molecule has 1 aliphatic rings. The quantitative estimate of drug-likeness (QED) is 0.511. The van der Waals surface area contributed by atoms with Gasteiger partial charge in [-0.25, -0.2) is 15.0 Å². The van der Waals surface area contributed by atoms with Gasteiger partial charge in [0, 0.05) is 22.9 Å². The van der Waals surface area contributed by atoms with Crippen molar-refractivity contribution in [1.82, 2.24) is 15.0 Å². The first kappa shape index (κ1) is 16.4. The molecular weight excluding hydrogens is 400 g/mol. The molecular formula is C17H13BrN6O2. The van der Waals surface area contributed by atoms with Crippen LogP contribution in [0.5, 0.6) is 0 Å². The summed E-state index contributed by atoms with van der Waals surface area (Å²) in [6.45, 7) is 0.632. The lowest BCUT2D eigenvalue weighted by Gasteiger charge is -2.18. The number of hydrogen-bond acceptors (Lipinski definition) is 7. The van der Waals surface area contributed by atoms with Gasteiger partial charge in [-0.15, -0.1) is 0 Å². The number of para-hydroxylation sites is 1. The minimum absolute atomic E-state index is 0.110. The highest BCUT2D eigenvalue weighted by Gasteiger charge is 2.31. The minimum Gasteiger partial charge on any atom is -0.320 e. The number of nitrogens with zero attached hydrogens (tertiary/aromatic N) is 5. The molecule has 3 aromatic rings. The highest BCUT2D eigenvalue weighted by molar-refractivity contribution is 9.10. The molecule has 0 saturated carbocycles. The van der Waals surface area contributed by atoms with E-state index < -0.39 is 4.92 Å². The predicted molar refractivity (Wildman–Crippen MR) is 101 cm³/mol. The van der Waals surface area contributed by atoms with Crippen molar-refractivity contribution >= 4 is 44.8 Å². The number of nitrogens with one attached hydrogen (secondary N) is 1. The Morgan fingerprint density at radius 2 is 2.00 bits per heavy atom. The number of benzene rings is 1. The molecule has 0 bridgehead atoms. The van der Waals surface area contributed by atoms with Crippen molar-refractivity contribution < 1.29 is 4.92 Å².